The van der Waals surface area contributed by atoms with Crippen LogP contribution >= 0.6 is 11.8 Å². The number of nitrogens with two attached hydrogens (primary N) is 1. The van der Waals surface area contributed by atoms with E-state index in [-0.39, 0.29) is 5.91 Å². The number of aryl methyl sites for hydroxylation is 1. The standard InChI is InChI=1S/C14H21N3OS/c1-11-2-3-12(10-13(11)15)14(18)16-4-5-17-6-8-19-9-7-17/h2-3,10H,4-9,15H2,1H3,(H,16,18). The topological polar surface area (TPSA) is 58.4 Å². The molecule has 0 atom stereocenters. The maximum Gasteiger partial charge on any atom is 0.251 e. The summed E-state index contributed by atoms with van der Waals surface area (Å²) in [5.74, 6) is 2.35. The number of anilines is 1. The van der Waals surface area contributed by atoms with Gasteiger partial charge in [-0.1, -0.05) is 6.07 Å². The molecule has 1 amide bonds. The van der Waals surface area contributed by atoms with Gasteiger partial charge in [0.25, 0.3) is 5.91 Å². The Kier molecular flexibility index (Phi) is 5.10. The molecule has 1 aliphatic rings. The molecule has 0 saturated carbocycles. The van der Waals surface area contributed by atoms with Gasteiger partial charge >= 0.3 is 0 Å². The monoisotopic (exact) mass is 279 g/mol. The quantitative estimate of drug-likeness (QED) is 0.817. The van der Waals surface area contributed by atoms with Gasteiger partial charge in [0.1, 0.15) is 0 Å². The molecule has 1 heterocycles. The third kappa shape index (κ3) is 4.14. The summed E-state index contributed by atoms with van der Waals surface area (Å²) in [5.41, 5.74) is 8.12. The highest BCUT2D eigenvalue weighted by molar-refractivity contribution is 7.99. The predicted octanol–water partition coefficient (Wildman–Crippen LogP) is 1.36. The van der Waals surface area contributed by atoms with E-state index in [9.17, 15) is 4.79 Å². The molecule has 1 aromatic carbocycles. The second-order valence-electron chi connectivity index (χ2n) is 4.78. The Morgan fingerprint density at radius 2 is 2.16 bits per heavy atom. The van der Waals surface area contributed by atoms with E-state index in [0.29, 0.717) is 17.8 Å². The summed E-state index contributed by atoms with van der Waals surface area (Å²) in [5, 5.41) is 2.95. The van der Waals surface area contributed by atoms with E-state index in [4.69, 9.17) is 5.73 Å². The van der Waals surface area contributed by atoms with E-state index in [1.807, 2.05) is 30.8 Å². The van der Waals surface area contributed by atoms with Crippen LogP contribution in [-0.4, -0.2) is 48.5 Å². The van der Waals surface area contributed by atoms with Crippen LogP contribution in [0.4, 0.5) is 5.69 Å². The Labute approximate surface area is 118 Å². The molecule has 2 rings (SSSR count). The smallest absolute Gasteiger partial charge is 0.251 e. The molecular formula is C14H21N3OS. The van der Waals surface area contributed by atoms with Gasteiger partial charge in [-0.25, -0.2) is 0 Å². The molecule has 0 bridgehead atoms. The van der Waals surface area contributed by atoms with E-state index < -0.39 is 0 Å². The van der Waals surface area contributed by atoms with Crippen LogP contribution in [0.25, 0.3) is 0 Å². The number of amides is 1. The third-order valence-corrected chi connectivity index (χ3v) is 4.30. The van der Waals surface area contributed by atoms with E-state index in [0.717, 1.165) is 25.2 Å². The van der Waals surface area contributed by atoms with Crippen LogP contribution in [0.15, 0.2) is 18.2 Å². The van der Waals surface area contributed by atoms with Gasteiger partial charge in [-0.05, 0) is 24.6 Å². The first-order valence-electron chi connectivity index (χ1n) is 6.61. The molecule has 0 spiro atoms. The van der Waals surface area contributed by atoms with Crippen molar-refractivity contribution in [3.63, 3.8) is 0 Å². The van der Waals surface area contributed by atoms with Crippen molar-refractivity contribution in [2.24, 2.45) is 0 Å². The molecule has 1 saturated heterocycles. The number of hydrogen-bond donors (Lipinski definition) is 2. The SMILES string of the molecule is Cc1ccc(C(=O)NCCN2CCSCC2)cc1N. The Morgan fingerprint density at radius 3 is 2.84 bits per heavy atom. The number of benzene rings is 1. The van der Waals surface area contributed by atoms with Crippen molar-refractivity contribution >= 4 is 23.4 Å². The summed E-state index contributed by atoms with van der Waals surface area (Å²) in [4.78, 5) is 14.3. The van der Waals surface area contributed by atoms with Crippen LogP contribution in [-0.2, 0) is 0 Å². The van der Waals surface area contributed by atoms with E-state index in [1.54, 1.807) is 6.07 Å². The molecule has 4 nitrogen and oxygen atoms in total. The molecule has 104 valence electrons. The number of carbonyl (C=O) groups is 1. The minimum absolute atomic E-state index is 0.0434. The van der Waals surface area contributed by atoms with Crippen LogP contribution in [0.5, 0.6) is 0 Å². The number of nitrogen functional groups attached to an aromatic ring is 1. The van der Waals surface area contributed by atoms with E-state index in [1.165, 1.54) is 11.5 Å². The highest BCUT2D eigenvalue weighted by Crippen LogP contribution is 2.12. The van der Waals surface area contributed by atoms with Gasteiger partial charge in [-0.15, -0.1) is 0 Å². The van der Waals surface area contributed by atoms with Crippen molar-refractivity contribution in [1.82, 2.24) is 10.2 Å². The lowest BCUT2D eigenvalue weighted by Crippen LogP contribution is -2.39. The molecule has 3 N–H and O–H groups in total. The fraction of sp³-hybridized carbons (Fsp3) is 0.500. The molecule has 0 unspecified atom stereocenters. The largest absolute Gasteiger partial charge is 0.398 e. The van der Waals surface area contributed by atoms with Crippen LogP contribution in [0.2, 0.25) is 0 Å². The summed E-state index contributed by atoms with van der Waals surface area (Å²) < 4.78 is 0. The van der Waals surface area contributed by atoms with Gasteiger partial charge in [-0.3, -0.25) is 9.69 Å². The summed E-state index contributed by atoms with van der Waals surface area (Å²) in [6.45, 7) is 5.80. The number of carbonyl (C=O) groups excluding carboxylic acids is 1. The molecule has 0 aromatic heterocycles. The predicted molar refractivity (Wildman–Crippen MR) is 81.7 cm³/mol. The van der Waals surface area contributed by atoms with Gasteiger partial charge in [0, 0.05) is 48.9 Å². The molecule has 0 aliphatic carbocycles. The van der Waals surface area contributed by atoms with Gasteiger partial charge in [0.15, 0.2) is 0 Å². The van der Waals surface area contributed by atoms with Gasteiger partial charge in [-0.2, -0.15) is 11.8 Å². The first-order valence-corrected chi connectivity index (χ1v) is 7.77. The Morgan fingerprint density at radius 1 is 1.42 bits per heavy atom. The lowest BCUT2D eigenvalue weighted by molar-refractivity contribution is 0.0949. The molecule has 1 aliphatic heterocycles. The van der Waals surface area contributed by atoms with Gasteiger partial charge in [0.05, 0.1) is 0 Å². The zero-order chi connectivity index (χ0) is 13.7. The first-order chi connectivity index (χ1) is 9.16. The maximum absolute atomic E-state index is 12.0. The van der Waals surface area contributed by atoms with Crippen molar-refractivity contribution < 1.29 is 4.79 Å². The van der Waals surface area contributed by atoms with Crippen LogP contribution in [0.3, 0.4) is 0 Å². The summed E-state index contributed by atoms with van der Waals surface area (Å²) in [6.07, 6.45) is 0. The summed E-state index contributed by atoms with van der Waals surface area (Å²) in [6, 6.07) is 5.44. The van der Waals surface area contributed by atoms with Gasteiger partial charge in [0.2, 0.25) is 0 Å². The maximum atomic E-state index is 12.0. The lowest BCUT2D eigenvalue weighted by Gasteiger charge is -2.26. The summed E-state index contributed by atoms with van der Waals surface area (Å²) in [7, 11) is 0. The highest BCUT2D eigenvalue weighted by Gasteiger charge is 2.11. The second kappa shape index (κ2) is 6.82. The van der Waals surface area contributed by atoms with Crippen molar-refractivity contribution in [3.8, 4) is 0 Å². The van der Waals surface area contributed by atoms with E-state index >= 15 is 0 Å². The third-order valence-electron chi connectivity index (χ3n) is 3.36. The Hall–Kier alpha value is -1.20. The molecule has 1 aromatic rings. The number of thioether (sulfide) groups is 1. The van der Waals surface area contributed by atoms with Crippen LogP contribution < -0.4 is 11.1 Å². The normalized spacial score (nSPS) is 16.3. The highest BCUT2D eigenvalue weighted by atomic mass is 32.2. The number of hydrogen-bond acceptors (Lipinski definition) is 4. The first kappa shape index (κ1) is 14.2. The average Bonchev–Trinajstić information content (AvgIpc) is 2.43. The number of nitrogens with one attached hydrogen (secondary N) is 1. The van der Waals surface area contributed by atoms with Crippen molar-refractivity contribution in [2.45, 2.75) is 6.92 Å². The van der Waals surface area contributed by atoms with E-state index in [2.05, 4.69) is 10.2 Å². The molecule has 19 heavy (non-hydrogen) atoms. The molecule has 1 fully saturated rings. The van der Waals surface area contributed by atoms with Crippen molar-refractivity contribution in [1.29, 1.82) is 0 Å². The zero-order valence-electron chi connectivity index (χ0n) is 11.3. The zero-order valence-corrected chi connectivity index (χ0v) is 12.1. The minimum Gasteiger partial charge on any atom is -0.398 e. The summed E-state index contributed by atoms with van der Waals surface area (Å²) >= 11 is 2.00. The van der Waals surface area contributed by atoms with Crippen molar-refractivity contribution in [3.05, 3.63) is 29.3 Å². The Bertz CT molecular complexity index is 444. The number of rotatable bonds is 4. The number of nitrogens with zero attached hydrogens (tertiary/aromatic N) is 1. The van der Waals surface area contributed by atoms with Gasteiger partial charge < -0.3 is 11.1 Å². The Balaban J connectivity index is 1.78. The fourth-order valence-electron chi connectivity index (χ4n) is 2.04. The molecule has 5 heteroatoms. The average molecular weight is 279 g/mol. The fourth-order valence-corrected chi connectivity index (χ4v) is 3.01. The van der Waals surface area contributed by atoms with Crippen LogP contribution in [0, 0.1) is 6.92 Å². The molecule has 0 radical (unpaired) electrons. The van der Waals surface area contributed by atoms with Crippen molar-refractivity contribution in [2.75, 3.05) is 43.4 Å². The molecular weight excluding hydrogens is 258 g/mol. The minimum atomic E-state index is -0.0434. The second-order valence-corrected chi connectivity index (χ2v) is 6.01. The van der Waals surface area contributed by atoms with Crippen LogP contribution in [0.1, 0.15) is 15.9 Å². The lowest BCUT2D eigenvalue weighted by atomic mass is 10.1.